The highest BCUT2D eigenvalue weighted by Crippen LogP contribution is 2.30. The van der Waals surface area contributed by atoms with Crippen LogP contribution in [0.15, 0.2) is 12.7 Å². The molecule has 0 heterocycles. The molecule has 0 aliphatic rings. The highest BCUT2D eigenvalue weighted by molar-refractivity contribution is 8.14. The minimum Gasteiger partial charge on any atom is -0.375 e. The van der Waals surface area contributed by atoms with Crippen LogP contribution in [-0.2, 0) is 19.0 Å². The van der Waals surface area contributed by atoms with E-state index in [-0.39, 0.29) is 28.7 Å². The topological polar surface area (TPSA) is 44.8 Å². The standard InChI is InChI=1S/C14H26O4S/c1-8-11(17-7)12(18-9-16-6)10(2)13(15)19-14(3,4)5/h8,10-12H,1,9H2,2-7H3/t10-,11-,12-/m0/s1. The molecule has 5 heteroatoms. The zero-order valence-electron chi connectivity index (χ0n) is 12.8. The SMILES string of the molecule is C=C[C@H](OC)[C@@H](OCOC)[C@H](C)C(=O)SC(C)(C)C. The highest BCUT2D eigenvalue weighted by atomic mass is 32.2. The summed E-state index contributed by atoms with van der Waals surface area (Å²) in [6.07, 6.45) is 0.908. The molecule has 0 aromatic heterocycles. The third-order valence-electron chi connectivity index (χ3n) is 2.48. The van der Waals surface area contributed by atoms with E-state index in [1.807, 2.05) is 27.7 Å². The molecule has 0 amide bonds. The summed E-state index contributed by atoms with van der Waals surface area (Å²) in [6, 6.07) is 0. The summed E-state index contributed by atoms with van der Waals surface area (Å²) in [6.45, 7) is 11.7. The molecule has 0 rings (SSSR count). The number of thioether (sulfide) groups is 1. The van der Waals surface area contributed by atoms with Crippen molar-refractivity contribution >= 4 is 16.9 Å². The largest absolute Gasteiger partial charge is 0.375 e. The molecule has 0 bridgehead atoms. The Morgan fingerprint density at radius 2 is 1.95 bits per heavy atom. The molecule has 4 nitrogen and oxygen atoms in total. The second-order valence-electron chi connectivity index (χ2n) is 5.30. The fraction of sp³-hybridized carbons (Fsp3) is 0.786. The molecule has 0 fully saturated rings. The van der Waals surface area contributed by atoms with Crippen molar-refractivity contribution in [1.29, 1.82) is 0 Å². The monoisotopic (exact) mass is 290 g/mol. The lowest BCUT2D eigenvalue weighted by molar-refractivity contribution is -0.140. The van der Waals surface area contributed by atoms with E-state index in [9.17, 15) is 4.79 Å². The molecule has 0 unspecified atom stereocenters. The van der Waals surface area contributed by atoms with Crippen molar-refractivity contribution in [2.45, 2.75) is 44.6 Å². The summed E-state index contributed by atoms with van der Waals surface area (Å²) in [5, 5.41) is 0.0810. The Morgan fingerprint density at radius 3 is 2.32 bits per heavy atom. The van der Waals surface area contributed by atoms with Gasteiger partial charge in [0.05, 0.1) is 5.92 Å². The average Bonchev–Trinajstić information content (AvgIpc) is 2.31. The Hall–Kier alpha value is -0.360. The second-order valence-corrected chi connectivity index (χ2v) is 7.13. The molecule has 0 N–H and O–H groups in total. The van der Waals surface area contributed by atoms with Gasteiger partial charge in [-0.2, -0.15) is 0 Å². The van der Waals surface area contributed by atoms with Crippen LogP contribution in [0.5, 0.6) is 0 Å². The van der Waals surface area contributed by atoms with Crippen molar-refractivity contribution in [3.8, 4) is 0 Å². The number of methoxy groups -OCH3 is 2. The van der Waals surface area contributed by atoms with Crippen LogP contribution in [0, 0.1) is 5.92 Å². The summed E-state index contributed by atoms with van der Waals surface area (Å²) < 4.78 is 15.7. The van der Waals surface area contributed by atoms with E-state index >= 15 is 0 Å². The molecule has 0 aromatic carbocycles. The van der Waals surface area contributed by atoms with E-state index < -0.39 is 6.10 Å². The van der Waals surface area contributed by atoms with Crippen molar-refractivity contribution in [1.82, 2.24) is 0 Å². The summed E-state index contributed by atoms with van der Waals surface area (Å²) in [4.78, 5) is 12.3. The van der Waals surface area contributed by atoms with Crippen molar-refractivity contribution in [2.24, 2.45) is 5.92 Å². The van der Waals surface area contributed by atoms with Crippen molar-refractivity contribution < 1.29 is 19.0 Å². The molecular weight excluding hydrogens is 264 g/mol. The maximum absolute atomic E-state index is 12.3. The predicted octanol–water partition coefficient (Wildman–Crippen LogP) is 2.87. The minimum atomic E-state index is -0.398. The lowest BCUT2D eigenvalue weighted by atomic mass is 10.0. The first-order valence-electron chi connectivity index (χ1n) is 6.25. The Balaban J connectivity index is 4.82. The lowest BCUT2D eigenvalue weighted by Crippen LogP contribution is -2.39. The van der Waals surface area contributed by atoms with Crippen LogP contribution in [-0.4, -0.2) is 43.1 Å². The number of hydrogen-bond donors (Lipinski definition) is 0. The van der Waals surface area contributed by atoms with Gasteiger partial charge in [-0.15, -0.1) is 6.58 Å². The van der Waals surface area contributed by atoms with Crippen LogP contribution in [0.3, 0.4) is 0 Å². The maximum atomic E-state index is 12.3. The van der Waals surface area contributed by atoms with Gasteiger partial charge in [0.25, 0.3) is 0 Å². The van der Waals surface area contributed by atoms with Crippen LogP contribution in [0.25, 0.3) is 0 Å². The summed E-state index contributed by atoms with van der Waals surface area (Å²) in [5.41, 5.74) is 0. The van der Waals surface area contributed by atoms with Crippen molar-refractivity contribution in [3.63, 3.8) is 0 Å². The van der Waals surface area contributed by atoms with Crippen LogP contribution >= 0.6 is 11.8 Å². The van der Waals surface area contributed by atoms with Crippen LogP contribution in [0.1, 0.15) is 27.7 Å². The third kappa shape index (κ3) is 7.11. The first-order chi connectivity index (χ1) is 8.76. The van der Waals surface area contributed by atoms with Gasteiger partial charge in [0.15, 0.2) is 5.12 Å². The molecule has 112 valence electrons. The number of carbonyl (C=O) groups is 1. The molecular formula is C14H26O4S. The number of carbonyl (C=O) groups excluding carboxylic acids is 1. The zero-order chi connectivity index (χ0) is 15.1. The summed E-state index contributed by atoms with van der Waals surface area (Å²) in [5.74, 6) is -0.303. The molecule has 0 aliphatic carbocycles. The average molecular weight is 290 g/mol. The van der Waals surface area contributed by atoms with Crippen LogP contribution < -0.4 is 0 Å². The molecule has 0 aromatic rings. The van der Waals surface area contributed by atoms with E-state index in [0.29, 0.717) is 0 Å². The van der Waals surface area contributed by atoms with Gasteiger partial charge in [-0.25, -0.2) is 0 Å². The normalized spacial score (nSPS) is 16.7. The van der Waals surface area contributed by atoms with Crippen LogP contribution in [0.4, 0.5) is 0 Å². The van der Waals surface area contributed by atoms with E-state index in [4.69, 9.17) is 14.2 Å². The van der Waals surface area contributed by atoms with Gasteiger partial charge in [0, 0.05) is 19.0 Å². The fourth-order valence-electron chi connectivity index (χ4n) is 1.56. The van der Waals surface area contributed by atoms with Crippen molar-refractivity contribution in [2.75, 3.05) is 21.0 Å². The van der Waals surface area contributed by atoms with Gasteiger partial charge < -0.3 is 14.2 Å². The smallest absolute Gasteiger partial charge is 0.194 e. The van der Waals surface area contributed by atoms with Gasteiger partial charge >= 0.3 is 0 Å². The van der Waals surface area contributed by atoms with E-state index in [1.165, 1.54) is 11.8 Å². The number of rotatable bonds is 8. The van der Waals surface area contributed by atoms with Gasteiger partial charge in [-0.05, 0) is 0 Å². The molecule has 0 saturated carbocycles. The number of hydrogen-bond acceptors (Lipinski definition) is 5. The second kappa shape index (κ2) is 8.74. The predicted molar refractivity (Wildman–Crippen MR) is 79.3 cm³/mol. The van der Waals surface area contributed by atoms with Crippen LogP contribution in [0.2, 0.25) is 0 Å². The molecule has 0 aliphatic heterocycles. The van der Waals surface area contributed by atoms with Gasteiger partial charge in [-0.3, -0.25) is 4.79 Å². The molecule has 0 spiro atoms. The zero-order valence-corrected chi connectivity index (χ0v) is 13.6. The van der Waals surface area contributed by atoms with Gasteiger partial charge in [0.2, 0.25) is 0 Å². The Morgan fingerprint density at radius 1 is 1.37 bits per heavy atom. The Bertz CT molecular complexity index is 286. The fourth-order valence-corrected chi connectivity index (χ4v) is 2.49. The maximum Gasteiger partial charge on any atom is 0.194 e. The van der Waals surface area contributed by atoms with Gasteiger partial charge in [-0.1, -0.05) is 45.5 Å². The summed E-state index contributed by atoms with van der Waals surface area (Å²) >= 11 is 1.32. The Kier molecular flexibility index (Phi) is 8.57. The number of ether oxygens (including phenoxy) is 3. The van der Waals surface area contributed by atoms with E-state index in [1.54, 1.807) is 20.3 Å². The molecule has 0 saturated heterocycles. The Labute approximate surface area is 120 Å². The quantitative estimate of drug-likeness (QED) is 0.508. The van der Waals surface area contributed by atoms with Gasteiger partial charge in [0.1, 0.15) is 19.0 Å². The third-order valence-corrected chi connectivity index (χ3v) is 3.66. The lowest BCUT2D eigenvalue weighted by Gasteiger charge is -2.29. The molecule has 0 radical (unpaired) electrons. The first-order valence-corrected chi connectivity index (χ1v) is 7.07. The van der Waals surface area contributed by atoms with E-state index in [0.717, 1.165) is 0 Å². The summed E-state index contributed by atoms with van der Waals surface area (Å²) in [7, 11) is 3.12. The van der Waals surface area contributed by atoms with Crippen molar-refractivity contribution in [3.05, 3.63) is 12.7 Å². The highest BCUT2D eigenvalue weighted by Gasteiger charge is 2.33. The first kappa shape index (κ1) is 18.6. The van der Waals surface area contributed by atoms with E-state index in [2.05, 4.69) is 6.58 Å². The molecule has 3 atom stereocenters. The molecule has 19 heavy (non-hydrogen) atoms. The minimum absolute atomic E-state index is 0.0810.